The first-order valence-electron chi connectivity index (χ1n) is 5.18. The zero-order valence-corrected chi connectivity index (χ0v) is 9.14. The Morgan fingerprint density at radius 1 is 1.20 bits per heavy atom. The van der Waals surface area contributed by atoms with E-state index in [1.165, 1.54) is 5.56 Å². The topological polar surface area (TPSA) is 50.4 Å². The summed E-state index contributed by atoms with van der Waals surface area (Å²) in [5.74, 6) is 0.521. The molecular weight excluding hydrogens is 186 g/mol. The van der Waals surface area contributed by atoms with Crippen LogP contribution in [0.4, 0.5) is 0 Å². The van der Waals surface area contributed by atoms with Crippen molar-refractivity contribution in [3.05, 3.63) is 48.0 Å². The van der Waals surface area contributed by atoms with Gasteiger partial charge in [0.25, 0.3) is 0 Å². The third-order valence-corrected chi connectivity index (χ3v) is 1.95. The molecule has 1 aliphatic heterocycles. The summed E-state index contributed by atoms with van der Waals surface area (Å²) in [5, 5.41) is 3.95. The van der Waals surface area contributed by atoms with Gasteiger partial charge < -0.3 is 5.73 Å². The van der Waals surface area contributed by atoms with Gasteiger partial charge in [0.2, 0.25) is 0 Å². The molecule has 3 heteroatoms. The molecule has 80 valence electrons. The average molecular weight is 203 g/mol. The maximum absolute atomic E-state index is 5.48. The van der Waals surface area contributed by atoms with Gasteiger partial charge in [-0.15, -0.1) is 0 Å². The molecule has 0 amide bonds. The standard InChI is InChI=1S/C10H11N3.C2H6/c11-10-7-6-9(12-13-10)8-4-2-1-3-5-8;1-2/h1-7,9,12H,(H2,11,13);1-2H3. The largest absolute Gasteiger partial charge is 0.382 e. The smallest absolute Gasteiger partial charge is 0.143 e. The molecule has 1 unspecified atom stereocenters. The first-order chi connectivity index (χ1) is 7.36. The lowest BCUT2D eigenvalue weighted by molar-refractivity contribution is 0.650. The van der Waals surface area contributed by atoms with E-state index in [1.54, 1.807) is 0 Å². The molecule has 0 aromatic heterocycles. The van der Waals surface area contributed by atoms with Crippen molar-refractivity contribution in [2.45, 2.75) is 19.9 Å². The molecule has 0 bridgehead atoms. The van der Waals surface area contributed by atoms with Crippen LogP contribution in [0.1, 0.15) is 25.5 Å². The summed E-state index contributed by atoms with van der Waals surface area (Å²) in [5.41, 5.74) is 9.63. The molecule has 3 nitrogen and oxygen atoms in total. The van der Waals surface area contributed by atoms with E-state index < -0.39 is 0 Å². The zero-order valence-electron chi connectivity index (χ0n) is 9.14. The van der Waals surface area contributed by atoms with E-state index >= 15 is 0 Å². The average Bonchev–Trinajstić information content (AvgIpc) is 2.34. The molecule has 0 saturated carbocycles. The van der Waals surface area contributed by atoms with Crippen LogP contribution in [0.25, 0.3) is 0 Å². The first kappa shape index (κ1) is 11.3. The molecule has 1 aromatic carbocycles. The minimum atomic E-state index is 0.147. The zero-order chi connectivity index (χ0) is 11.1. The van der Waals surface area contributed by atoms with Gasteiger partial charge in [-0.3, -0.25) is 5.43 Å². The predicted molar refractivity (Wildman–Crippen MR) is 64.4 cm³/mol. The summed E-state index contributed by atoms with van der Waals surface area (Å²) in [6.45, 7) is 4.00. The molecular formula is C12H17N3. The molecule has 1 aromatic rings. The Balaban J connectivity index is 0.000000531. The van der Waals surface area contributed by atoms with Crippen LogP contribution in [-0.4, -0.2) is 5.84 Å². The van der Waals surface area contributed by atoms with Crippen LogP contribution in [0.5, 0.6) is 0 Å². The summed E-state index contributed by atoms with van der Waals surface area (Å²) >= 11 is 0. The number of hydrogen-bond donors (Lipinski definition) is 2. The number of nitrogens with zero attached hydrogens (tertiary/aromatic N) is 1. The number of hydrogen-bond acceptors (Lipinski definition) is 3. The van der Waals surface area contributed by atoms with E-state index in [9.17, 15) is 0 Å². The van der Waals surface area contributed by atoms with Gasteiger partial charge in [-0.2, -0.15) is 5.10 Å². The number of benzene rings is 1. The van der Waals surface area contributed by atoms with Crippen molar-refractivity contribution in [1.82, 2.24) is 5.43 Å². The Bertz CT molecular complexity index is 341. The summed E-state index contributed by atoms with van der Waals surface area (Å²) in [7, 11) is 0. The van der Waals surface area contributed by atoms with Gasteiger partial charge in [-0.25, -0.2) is 0 Å². The molecule has 1 aliphatic rings. The van der Waals surface area contributed by atoms with Crippen LogP contribution in [0, 0.1) is 0 Å². The highest BCUT2D eigenvalue weighted by Gasteiger charge is 2.08. The quantitative estimate of drug-likeness (QED) is 0.735. The highest BCUT2D eigenvalue weighted by molar-refractivity contribution is 5.91. The van der Waals surface area contributed by atoms with Crippen molar-refractivity contribution in [1.29, 1.82) is 0 Å². The Labute approximate surface area is 90.7 Å². The Morgan fingerprint density at radius 3 is 2.40 bits per heavy atom. The lowest BCUT2D eigenvalue weighted by atomic mass is 10.1. The van der Waals surface area contributed by atoms with E-state index in [2.05, 4.69) is 22.7 Å². The number of nitrogens with one attached hydrogen (secondary N) is 1. The van der Waals surface area contributed by atoms with Crippen LogP contribution in [0.3, 0.4) is 0 Å². The maximum Gasteiger partial charge on any atom is 0.143 e. The Kier molecular flexibility index (Phi) is 4.41. The van der Waals surface area contributed by atoms with E-state index in [0.717, 1.165) is 0 Å². The monoisotopic (exact) mass is 203 g/mol. The Morgan fingerprint density at radius 2 is 1.87 bits per heavy atom. The van der Waals surface area contributed by atoms with Crippen LogP contribution in [0.15, 0.2) is 47.6 Å². The second-order valence-corrected chi connectivity index (χ2v) is 2.91. The van der Waals surface area contributed by atoms with Crippen molar-refractivity contribution in [3.63, 3.8) is 0 Å². The Hall–Kier alpha value is -1.77. The molecule has 1 atom stereocenters. The highest BCUT2D eigenvalue weighted by Crippen LogP contribution is 2.15. The molecule has 0 saturated heterocycles. The number of hydrazone groups is 1. The van der Waals surface area contributed by atoms with Crippen LogP contribution >= 0.6 is 0 Å². The summed E-state index contributed by atoms with van der Waals surface area (Å²) in [6, 6.07) is 10.3. The summed E-state index contributed by atoms with van der Waals surface area (Å²) in [4.78, 5) is 0. The fraction of sp³-hybridized carbons (Fsp3) is 0.250. The molecule has 0 spiro atoms. The first-order valence-corrected chi connectivity index (χ1v) is 5.18. The van der Waals surface area contributed by atoms with E-state index in [0.29, 0.717) is 5.84 Å². The van der Waals surface area contributed by atoms with Gasteiger partial charge in [0, 0.05) is 0 Å². The summed E-state index contributed by atoms with van der Waals surface area (Å²) < 4.78 is 0. The van der Waals surface area contributed by atoms with Gasteiger partial charge >= 0.3 is 0 Å². The van der Waals surface area contributed by atoms with Crippen molar-refractivity contribution in [2.24, 2.45) is 10.8 Å². The minimum absolute atomic E-state index is 0.147. The SMILES string of the molecule is CC.NC1=NNC(c2ccccc2)C=C1. The molecule has 0 aliphatic carbocycles. The van der Waals surface area contributed by atoms with Gasteiger partial charge in [0.05, 0.1) is 6.04 Å². The van der Waals surface area contributed by atoms with Crippen molar-refractivity contribution < 1.29 is 0 Å². The lowest BCUT2D eigenvalue weighted by Crippen LogP contribution is -2.23. The van der Waals surface area contributed by atoms with Crippen molar-refractivity contribution >= 4 is 5.84 Å². The highest BCUT2D eigenvalue weighted by atomic mass is 15.3. The van der Waals surface area contributed by atoms with Gasteiger partial charge in [0.15, 0.2) is 0 Å². The number of rotatable bonds is 1. The fourth-order valence-corrected chi connectivity index (χ4v) is 1.27. The normalized spacial score (nSPS) is 18.3. The van der Waals surface area contributed by atoms with Crippen LogP contribution in [-0.2, 0) is 0 Å². The maximum atomic E-state index is 5.48. The van der Waals surface area contributed by atoms with Crippen molar-refractivity contribution in [2.75, 3.05) is 0 Å². The van der Waals surface area contributed by atoms with Gasteiger partial charge in [0.1, 0.15) is 5.84 Å². The molecule has 3 N–H and O–H groups in total. The summed E-state index contributed by atoms with van der Waals surface area (Å²) in [6.07, 6.45) is 3.81. The molecule has 0 radical (unpaired) electrons. The predicted octanol–water partition coefficient (Wildman–Crippen LogP) is 2.19. The van der Waals surface area contributed by atoms with Gasteiger partial charge in [-0.05, 0) is 11.6 Å². The second kappa shape index (κ2) is 5.86. The third kappa shape index (κ3) is 3.13. The molecule has 0 fully saturated rings. The minimum Gasteiger partial charge on any atom is -0.382 e. The molecule has 15 heavy (non-hydrogen) atoms. The van der Waals surface area contributed by atoms with E-state index in [4.69, 9.17) is 5.73 Å². The number of nitrogens with two attached hydrogens (primary N) is 1. The van der Waals surface area contributed by atoms with Crippen LogP contribution < -0.4 is 11.2 Å². The third-order valence-electron chi connectivity index (χ3n) is 1.95. The van der Waals surface area contributed by atoms with E-state index in [1.807, 2.05) is 44.2 Å². The molecule has 2 rings (SSSR count). The lowest BCUT2D eigenvalue weighted by Gasteiger charge is -2.16. The van der Waals surface area contributed by atoms with Gasteiger partial charge in [-0.1, -0.05) is 50.3 Å². The van der Waals surface area contributed by atoms with Crippen LogP contribution in [0.2, 0.25) is 0 Å². The second-order valence-electron chi connectivity index (χ2n) is 2.91. The van der Waals surface area contributed by atoms with Crippen molar-refractivity contribution in [3.8, 4) is 0 Å². The fourth-order valence-electron chi connectivity index (χ4n) is 1.27. The number of amidine groups is 1. The van der Waals surface area contributed by atoms with E-state index in [-0.39, 0.29) is 6.04 Å². The molecule has 1 heterocycles.